The van der Waals surface area contributed by atoms with Crippen LogP contribution in [0, 0.1) is 25.7 Å². The summed E-state index contributed by atoms with van der Waals surface area (Å²) in [5, 5.41) is 17.2. The number of anilines is 1. The maximum Gasteiger partial charge on any atom is 0.238 e. The number of aromatic nitrogens is 2. The number of nitrogens with zero attached hydrogens (tertiary/aromatic N) is 3. The molecule has 0 bridgehead atoms. The van der Waals surface area contributed by atoms with Crippen LogP contribution in [0.2, 0.25) is 0 Å². The van der Waals surface area contributed by atoms with Crippen LogP contribution in [-0.4, -0.2) is 51.4 Å². The number of aliphatic hydroxyl groups excluding tert-OH is 1. The second kappa shape index (κ2) is 5.42. The van der Waals surface area contributed by atoms with Gasteiger partial charge in [0.2, 0.25) is 5.91 Å². The van der Waals surface area contributed by atoms with Crippen molar-refractivity contribution < 1.29 is 9.90 Å². The molecule has 2 aliphatic rings. The van der Waals surface area contributed by atoms with Crippen molar-refractivity contribution in [2.75, 3.05) is 25.0 Å². The topological polar surface area (TPSA) is 70.4 Å². The van der Waals surface area contributed by atoms with Crippen LogP contribution < -0.4 is 5.32 Å². The van der Waals surface area contributed by atoms with Gasteiger partial charge in [-0.3, -0.25) is 14.4 Å². The van der Waals surface area contributed by atoms with Gasteiger partial charge < -0.3 is 10.4 Å². The van der Waals surface area contributed by atoms with E-state index in [1.165, 1.54) is 0 Å². The summed E-state index contributed by atoms with van der Waals surface area (Å²) in [5.41, 5.74) is 2.63. The van der Waals surface area contributed by atoms with Gasteiger partial charge in [-0.1, -0.05) is 0 Å². The van der Waals surface area contributed by atoms with Crippen molar-refractivity contribution in [3.63, 3.8) is 0 Å². The number of aliphatic hydroxyl groups is 1. The van der Waals surface area contributed by atoms with E-state index in [0.29, 0.717) is 18.4 Å². The van der Waals surface area contributed by atoms with Crippen LogP contribution in [0.4, 0.5) is 5.69 Å². The molecule has 2 N–H and O–H groups in total. The van der Waals surface area contributed by atoms with Crippen molar-refractivity contribution in [3.8, 4) is 0 Å². The molecule has 0 spiro atoms. The zero-order valence-corrected chi connectivity index (χ0v) is 13.0. The van der Waals surface area contributed by atoms with E-state index in [0.717, 1.165) is 43.0 Å². The highest BCUT2D eigenvalue weighted by molar-refractivity contribution is 5.93. The predicted octanol–water partition coefficient (Wildman–Crippen LogP) is 0.678. The summed E-state index contributed by atoms with van der Waals surface area (Å²) in [4.78, 5) is 14.4. The average Bonchev–Trinajstić information content (AvgIpc) is 3.03. The van der Waals surface area contributed by atoms with Crippen LogP contribution in [0.1, 0.15) is 24.2 Å². The number of aryl methyl sites for hydroxylation is 2. The Morgan fingerprint density at radius 2 is 2.14 bits per heavy atom. The smallest absolute Gasteiger partial charge is 0.238 e. The number of carbonyl (C=O) groups excluding carboxylic acids is 1. The van der Waals surface area contributed by atoms with E-state index in [1.807, 2.05) is 20.9 Å². The molecule has 3 rings (SSSR count). The fourth-order valence-corrected chi connectivity index (χ4v) is 3.79. The molecule has 1 aromatic rings. The standard InChI is InChI=1S/C15H24N4O2/c1-9-15(10(2)18(3)17-9)16-14(21)8-19-6-11-4-5-13(20)12(11)7-19/h11-13,20H,4-8H2,1-3H3,(H,16,21). The van der Waals surface area contributed by atoms with Crippen molar-refractivity contribution in [2.45, 2.75) is 32.8 Å². The fourth-order valence-electron chi connectivity index (χ4n) is 3.79. The van der Waals surface area contributed by atoms with Gasteiger partial charge in [0.25, 0.3) is 0 Å². The molecule has 1 saturated heterocycles. The van der Waals surface area contributed by atoms with Gasteiger partial charge in [0.1, 0.15) is 0 Å². The number of fused-ring (bicyclic) bond motifs is 1. The van der Waals surface area contributed by atoms with E-state index < -0.39 is 0 Å². The summed E-state index contributed by atoms with van der Waals surface area (Å²) in [6.45, 7) is 6.02. The SMILES string of the molecule is Cc1nn(C)c(C)c1NC(=O)CN1CC2CCC(O)C2C1. The molecule has 3 atom stereocenters. The molecule has 116 valence electrons. The van der Waals surface area contributed by atoms with Gasteiger partial charge >= 0.3 is 0 Å². The van der Waals surface area contributed by atoms with Gasteiger partial charge in [-0.25, -0.2) is 0 Å². The lowest BCUT2D eigenvalue weighted by Gasteiger charge is -2.17. The van der Waals surface area contributed by atoms with Crippen LogP contribution in [0.5, 0.6) is 0 Å². The summed E-state index contributed by atoms with van der Waals surface area (Å²) in [7, 11) is 1.88. The minimum Gasteiger partial charge on any atom is -0.393 e. The summed E-state index contributed by atoms with van der Waals surface area (Å²) < 4.78 is 1.78. The van der Waals surface area contributed by atoms with Gasteiger partial charge in [-0.15, -0.1) is 0 Å². The summed E-state index contributed by atoms with van der Waals surface area (Å²) in [5.74, 6) is 0.929. The van der Waals surface area contributed by atoms with E-state index >= 15 is 0 Å². The third-order valence-corrected chi connectivity index (χ3v) is 5.04. The highest BCUT2D eigenvalue weighted by Crippen LogP contribution is 2.37. The minimum absolute atomic E-state index is 0.00339. The number of carbonyl (C=O) groups is 1. The average molecular weight is 292 g/mol. The van der Waals surface area contributed by atoms with Crippen LogP contribution in [-0.2, 0) is 11.8 Å². The van der Waals surface area contributed by atoms with E-state index in [1.54, 1.807) is 4.68 Å². The van der Waals surface area contributed by atoms with E-state index in [-0.39, 0.29) is 12.0 Å². The quantitative estimate of drug-likeness (QED) is 0.859. The molecular formula is C15H24N4O2. The Hall–Kier alpha value is -1.40. The van der Waals surface area contributed by atoms with E-state index in [4.69, 9.17) is 0 Å². The predicted molar refractivity (Wildman–Crippen MR) is 80.0 cm³/mol. The first-order valence-electron chi connectivity index (χ1n) is 7.66. The fraction of sp³-hybridized carbons (Fsp3) is 0.733. The third-order valence-electron chi connectivity index (χ3n) is 5.04. The number of hydrogen-bond acceptors (Lipinski definition) is 4. The van der Waals surface area contributed by atoms with E-state index in [9.17, 15) is 9.90 Å². The van der Waals surface area contributed by atoms with Crippen LogP contribution >= 0.6 is 0 Å². The van der Waals surface area contributed by atoms with Crippen molar-refractivity contribution in [1.82, 2.24) is 14.7 Å². The molecule has 21 heavy (non-hydrogen) atoms. The first-order chi connectivity index (χ1) is 9.95. The van der Waals surface area contributed by atoms with Crippen molar-refractivity contribution in [3.05, 3.63) is 11.4 Å². The molecule has 1 aliphatic heterocycles. The second-order valence-corrected chi connectivity index (χ2v) is 6.48. The van der Waals surface area contributed by atoms with Crippen molar-refractivity contribution >= 4 is 11.6 Å². The normalized spacial score (nSPS) is 28.9. The maximum atomic E-state index is 12.2. The molecule has 2 heterocycles. The molecule has 6 nitrogen and oxygen atoms in total. The molecule has 1 saturated carbocycles. The minimum atomic E-state index is -0.175. The molecule has 1 aromatic heterocycles. The molecule has 0 radical (unpaired) electrons. The number of likely N-dealkylation sites (tertiary alicyclic amines) is 1. The maximum absolute atomic E-state index is 12.2. The number of amides is 1. The summed E-state index contributed by atoms with van der Waals surface area (Å²) in [6.07, 6.45) is 1.83. The van der Waals surface area contributed by atoms with Gasteiger partial charge in [-0.2, -0.15) is 5.10 Å². The number of rotatable bonds is 3. The molecule has 2 fully saturated rings. The van der Waals surface area contributed by atoms with Gasteiger partial charge in [-0.05, 0) is 32.6 Å². The van der Waals surface area contributed by atoms with Crippen LogP contribution in [0.15, 0.2) is 0 Å². The molecule has 6 heteroatoms. The van der Waals surface area contributed by atoms with Gasteiger partial charge in [0.15, 0.2) is 0 Å². The first-order valence-corrected chi connectivity index (χ1v) is 7.66. The van der Waals surface area contributed by atoms with Crippen molar-refractivity contribution in [1.29, 1.82) is 0 Å². The lowest BCUT2D eigenvalue weighted by atomic mass is 10.00. The monoisotopic (exact) mass is 292 g/mol. The Morgan fingerprint density at radius 3 is 2.76 bits per heavy atom. The van der Waals surface area contributed by atoms with Gasteiger partial charge in [0, 0.05) is 26.1 Å². The molecule has 0 aromatic carbocycles. The molecule has 3 unspecified atom stereocenters. The van der Waals surface area contributed by atoms with Gasteiger partial charge in [0.05, 0.1) is 29.7 Å². The molecule has 1 amide bonds. The largest absolute Gasteiger partial charge is 0.393 e. The molecule has 1 aliphatic carbocycles. The highest BCUT2D eigenvalue weighted by atomic mass is 16.3. The highest BCUT2D eigenvalue weighted by Gasteiger charge is 2.42. The lowest BCUT2D eigenvalue weighted by molar-refractivity contribution is -0.117. The Bertz CT molecular complexity index is 554. The van der Waals surface area contributed by atoms with Crippen LogP contribution in [0.3, 0.4) is 0 Å². The Kier molecular flexibility index (Phi) is 3.75. The zero-order valence-electron chi connectivity index (χ0n) is 13.0. The number of hydrogen-bond donors (Lipinski definition) is 2. The lowest BCUT2D eigenvalue weighted by Crippen LogP contribution is -2.33. The Labute approximate surface area is 125 Å². The zero-order chi connectivity index (χ0) is 15.1. The second-order valence-electron chi connectivity index (χ2n) is 6.48. The van der Waals surface area contributed by atoms with Crippen LogP contribution in [0.25, 0.3) is 0 Å². The van der Waals surface area contributed by atoms with Crippen molar-refractivity contribution in [2.24, 2.45) is 18.9 Å². The first kappa shape index (κ1) is 14.5. The Balaban J connectivity index is 1.58. The summed E-state index contributed by atoms with van der Waals surface area (Å²) in [6, 6.07) is 0. The third kappa shape index (κ3) is 2.70. The van der Waals surface area contributed by atoms with E-state index in [2.05, 4.69) is 15.3 Å². The number of nitrogens with one attached hydrogen (secondary N) is 1. The Morgan fingerprint density at radius 1 is 1.38 bits per heavy atom. The summed E-state index contributed by atoms with van der Waals surface area (Å²) >= 11 is 0. The molecular weight excluding hydrogens is 268 g/mol.